The van der Waals surface area contributed by atoms with E-state index in [4.69, 9.17) is 0 Å². The number of alkyl halides is 1. The van der Waals surface area contributed by atoms with Gasteiger partial charge in [0.05, 0.1) is 6.67 Å². The molecule has 0 radical (unpaired) electrons. The van der Waals surface area contributed by atoms with Gasteiger partial charge in [-0.25, -0.2) is 4.79 Å². The molecular formula is C6H9FO3. The third-order valence-corrected chi connectivity index (χ3v) is 1.45. The zero-order valence-corrected chi connectivity index (χ0v) is 5.72. The summed E-state index contributed by atoms with van der Waals surface area (Å²) < 4.78 is 21.0. The molecule has 4 heteroatoms. The van der Waals surface area contributed by atoms with Gasteiger partial charge < -0.3 is 9.47 Å². The van der Waals surface area contributed by atoms with Crippen LogP contribution >= 0.6 is 0 Å². The normalized spacial score (nSPS) is 31.6. The van der Waals surface area contributed by atoms with Crippen LogP contribution in [0, 0.1) is 0 Å². The highest BCUT2D eigenvalue weighted by Gasteiger charge is 2.37. The zero-order valence-electron chi connectivity index (χ0n) is 5.72. The molecule has 1 aliphatic rings. The first-order valence-corrected chi connectivity index (χ1v) is 3.08. The number of carbonyl (C=O) groups is 1. The molecule has 58 valence electrons. The first-order valence-electron chi connectivity index (χ1n) is 3.08. The van der Waals surface area contributed by atoms with Crippen LogP contribution in [0.4, 0.5) is 9.18 Å². The fourth-order valence-corrected chi connectivity index (χ4v) is 0.795. The standard InChI is InChI=1S/C6H9FO3/c1-6(2-3-7)4-9-5(8)10-6/h2-4H2,1H3. The lowest BCUT2D eigenvalue weighted by Crippen LogP contribution is -2.27. The first-order chi connectivity index (χ1) is 4.66. The molecule has 0 aromatic carbocycles. The van der Waals surface area contributed by atoms with E-state index in [0.29, 0.717) is 0 Å². The molecular weight excluding hydrogens is 139 g/mol. The van der Waals surface area contributed by atoms with Gasteiger partial charge in [-0.15, -0.1) is 0 Å². The molecule has 0 bridgehead atoms. The first kappa shape index (κ1) is 7.31. The molecule has 0 N–H and O–H groups in total. The SMILES string of the molecule is CC1(CCF)COC(=O)O1. The lowest BCUT2D eigenvalue weighted by molar-refractivity contribution is 0.0593. The maximum absolute atomic E-state index is 11.8. The topological polar surface area (TPSA) is 35.5 Å². The van der Waals surface area contributed by atoms with Gasteiger partial charge in [0, 0.05) is 6.42 Å². The molecule has 0 aromatic rings. The van der Waals surface area contributed by atoms with E-state index in [-0.39, 0.29) is 13.0 Å². The molecule has 1 heterocycles. The van der Waals surface area contributed by atoms with E-state index in [0.717, 1.165) is 0 Å². The number of hydrogen-bond acceptors (Lipinski definition) is 3. The summed E-state index contributed by atoms with van der Waals surface area (Å²) in [7, 11) is 0. The van der Waals surface area contributed by atoms with Crippen LogP contribution in [-0.2, 0) is 9.47 Å². The second-order valence-corrected chi connectivity index (χ2v) is 2.53. The summed E-state index contributed by atoms with van der Waals surface area (Å²) in [6, 6.07) is 0. The van der Waals surface area contributed by atoms with Crippen LogP contribution in [0.2, 0.25) is 0 Å². The Kier molecular flexibility index (Phi) is 1.78. The summed E-state index contributed by atoms with van der Waals surface area (Å²) in [5.74, 6) is 0. The van der Waals surface area contributed by atoms with Crippen molar-refractivity contribution in [3.63, 3.8) is 0 Å². The maximum atomic E-state index is 11.8. The predicted molar refractivity (Wildman–Crippen MR) is 31.4 cm³/mol. The van der Waals surface area contributed by atoms with Gasteiger partial charge in [0.1, 0.15) is 12.2 Å². The molecule has 0 saturated carbocycles. The quantitative estimate of drug-likeness (QED) is 0.553. The maximum Gasteiger partial charge on any atom is 0.509 e. The molecule has 1 aliphatic heterocycles. The van der Waals surface area contributed by atoms with Gasteiger partial charge in [-0.3, -0.25) is 4.39 Å². The zero-order chi connectivity index (χ0) is 7.61. The van der Waals surface area contributed by atoms with E-state index in [1.807, 2.05) is 0 Å². The van der Waals surface area contributed by atoms with Crippen LogP contribution < -0.4 is 0 Å². The number of carbonyl (C=O) groups excluding carboxylic acids is 1. The average Bonchev–Trinajstić information content (AvgIpc) is 2.12. The summed E-state index contributed by atoms with van der Waals surface area (Å²) in [5.41, 5.74) is -0.730. The van der Waals surface area contributed by atoms with Crippen LogP contribution in [-0.4, -0.2) is 25.0 Å². The highest BCUT2D eigenvalue weighted by atomic mass is 19.1. The lowest BCUT2D eigenvalue weighted by Gasteiger charge is -2.16. The largest absolute Gasteiger partial charge is 0.509 e. The number of halogens is 1. The molecule has 1 unspecified atom stereocenters. The predicted octanol–water partition coefficient (Wildman–Crippen LogP) is 1.27. The third kappa shape index (κ3) is 1.37. The van der Waals surface area contributed by atoms with Crippen LogP contribution in [0.25, 0.3) is 0 Å². The van der Waals surface area contributed by atoms with Gasteiger partial charge in [0.25, 0.3) is 0 Å². The van der Waals surface area contributed by atoms with Crippen molar-refractivity contribution in [2.45, 2.75) is 18.9 Å². The summed E-state index contributed by atoms with van der Waals surface area (Å²) in [6.45, 7) is 1.32. The molecule has 0 amide bonds. The minimum absolute atomic E-state index is 0.162. The van der Waals surface area contributed by atoms with E-state index in [1.54, 1.807) is 6.92 Å². The van der Waals surface area contributed by atoms with Gasteiger partial charge in [-0.05, 0) is 6.92 Å². The van der Waals surface area contributed by atoms with Crippen LogP contribution in [0.5, 0.6) is 0 Å². The Morgan fingerprint density at radius 2 is 2.50 bits per heavy atom. The highest BCUT2D eigenvalue weighted by molar-refractivity contribution is 5.62. The van der Waals surface area contributed by atoms with Crippen molar-refractivity contribution < 1.29 is 18.7 Å². The van der Waals surface area contributed by atoms with Gasteiger partial charge >= 0.3 is 6.16 Å². The summed E-state index contributed by atoms with van der Waals surface area (Å²) in [6.07, 6.45) is -0.491. The van der Waals surface area contributed by atoms with E-state index >= 15 is 0 Å². The third-order valence-electron chi connectivity index (χ3n) is 1.45. The molecule has 0 aromatic heterocycles. The summed E-state index contributed by atoms with van der Waals surface area (Å²) >= 11 is 0. The Hall–Kier alpha value is -0.800. The summed E-state index contributed by atoms with van der Waals surface area (Å²) in [4.78, 5) is 10.4. The second kappa shape index (κ2) is 2.44. The lowest BCUT2D eigenvalue weighted by atomic mass is 10.1. The molecule has 10 heavy (non-hydrogen) atoms. The van der Waals surface area contributed by atoms with E-state index in [1.165, 1.54) is 0 Å². The molecule has 1 rings (SSSR count). The molecule has 1 fully saturated rings. The van der Waals surface area contributed by atoms with Crippen LogP contribution in [0.1, 0.15) is 13.3 Å². The molecule has 3 nitrogen and oxygen atoms in total. The minimum atomic E-state index is -0.730. The Bertz CT molecular complexity index is 148. The van der Waals surface area contributed by atoms with Gasteiger partial charge in [-0.2, -0.15) is 0 Å². The molecule has 1 atom stereocenters. The van der Waals surface area contributed by atoms with Gasteiger partial charge in [0.15, 0.2) is 0 Å². The van der Waals surface area contributed by atoms with Crippen molar-refractivity contribution in [3.05, 3.63) is 0 Å². The summed E-state index contributed by atoms with van der Waals surface area (Å²) in [5, 5.41) is 0. The second-order valence-electron chi connectivity index (χ2n) is 2.53. The van der Waals surface area contributed by atoms with Crippen LogP contribution in [0.3, 0.4) is 0 Å². The molecule has 0 spiro atoms. The smallest absolute Gasteiger partial charge is 0.430 e. The van der Waals surface area contributed by atoms with E-state index in [9.17, 15) is 9.18 Å². The Morgan fingerprint density at radius 3 is 2.90 bits per heavy atom. The fraction of sp³-hybridized carbons (Fsp3) is 0.833. The van der Waals surface area contributed by atoms with Gasteiger partial charge in [0.2, 0.25) is 0 Å². The van der Waals surface area contributed by atoms with Crippen LogP contribution in [0.15, 0.2) is 0 Å². The monoisotopic (exact) mass is 148 g/mol. The van der Waals surface area contributed by atoms with Crippen molar-refractivity contribution >= 4 is 6.16 Å². The fourth-order valence-electron chi connectivity index (χ4n) is 0.795. The Labute approximate surface area is 58.1 Å². The average molecular weight is 148 g/mol. The molecule has 0 aliphatic carbocycles. The number of cyclic esters (lactones) is 2. The van der Waals surface area contributed by atoms with Gasteiger partial charge in [-0.1, -0.05) is 0 Å². The van der Waals surface area contributed by atoms with Crippen molar-refractivity contribution in [2.75, 3.05) is 13.3 Å². The van der Waals surface area contributed by atoms with Crippen molar-refractivity contribution in [1.82, 2.24) is 0 Å². The van der Waals surface area contributed by atoms with Crippen molar-refractivity contribution in [2.24, 2.45) is 0 Å². The highest BCUT2D eigenvalue weighted by Crippen LogP contribution is 2.22. The van der Waals surface area contributed by atoms with E-state index in [2.05, 4.69) is 9.47 Å². The Balaban J connectivity index is 2.46. The number of hydrogen-bond donors (Lipinski definition) is 0. The number of ether oxygens (including phenoxy) is 2. The minimum Gasteiger partial charge on any atom is -0.430 e. The van der Waals surface area contributed by atoms with Crippen molar-refractivity contribution in [1.29, 1.82) is 0 Å². The Morgan fingerprint density at radius 1 is 1.80 bits per heavy atom. The number of rotatable bonds is 2. The molecule has 1 saturated heterocycles. The van der Waals surface area contributed by atoms with Crippen molar-refractivity contribution in [3.8, 4) is 0 Å². The van der Waals surface area contributed by atoms with E-state index < -0.39 is 18.4 Å².